The van der Waals surface area contributed by atoms with Gasteiger partial charge in [0.25, 0.3) is 0 Å². The van der Waals surface area contributed by atoms with Crippen LogP contribution in [0.1, 0.15) is 6.92 Å². The van der Waals surface area contributed by atoms with Crippen LogP contribution >= 0.6 is 7.37 Å². The zero-order chi connectivity index (χ0) is 7.83. The first-order valence-electron chi connectivity index (χ1n) is 3.02. The molecule has 1 heterocycles. The number of ether oxygens (including phenoxy) is 2. The van der Waals surface area contributed by atoms with Crippen LogP contribution in [0.5, 0.6) is 0 Å². The Balaban J connectivity index is 0.000001000. The Morgan fingerprint density at radius 3 is 2.00 bits per heavy atom. The fourth-order valence-electron chi connectivity index (χ4n) is 0.738. The molecule has 0 aromatic rings. The van der Waals surface area contributed by atoms with Gasteiger partial charge in [0.1, 0.15) is 0 Å². The molecule has 0 amide bonds. The van der Waals surface area contributed by atoms with E-state index in [0.29, 0.717) is 13.2 Å². The summed E-state index contributed by atoms with van der Waals surface area (Å²) in [4.78, 5) is 10.9. The molecular formula is C5H10NaO4P. The van der Waals surface area contributed by atoms with E-state index in [2.05, 4.69) is 0 Å². The predicted octanol–water partition coefficient (Wildman–Crippen LogP) is -3.02. The Hall–Kier alpha value is 1.11. The van der Waals surface area contributed by atoms with E-state index in [4.69, 9.17) is 9.47 Å². The zero-order valence-electron chi connectivity index (χ0n) is 6.99. The predicted molar refractivity (Wildman–Crippen MR) is 33.8 cm³/mol. The third-order valence-electron chi connectivity index (χ3n) is 1.56. The van der Waals surface area contributed by atoms with Crippen LogP contribution in [-0.2, 0) is 14.0 Å². The van der Waals surface area contributed by atoms with Crippen molar-refractivity contribution < 1.29 is 48.5 Å². The minimum atomic E-state index is -3.52. The molecule has 1 rings (SSSR count). The Bertz CT molecular complexity index is 171. The third kappa shape index (κ3) is 2.52. The summed E-state index contributed by atoms with van der Waals surface area (Å²) in [5.74, 6) is 0. The Labute approximate surface area is 88.0 Å². The van der Waals surface area contributed by atoms with Gasteiger partial charge in [-0.25, -0.2) is 0 Å². The van der Waals surface area contributed by atoms with Crippen molar-refractivity contribution in [1.29, 1.82) is 0 Å². The molecule has 11 heavy (non-hydrogen) atoms. The first-order chi connectivity index (χ1) is 4.46. The van der Waals surface area contributed by atoms with Crippen LogP contribution < -0.4 is 34.5 Å². The molecule has 1 atom stereocenters. The van der Waals surface area contributed by atoms with E-state index in [1.807, 2.05) is 0 Å². The van der Waals surface area contributed by atoms with E-state index < -0.39 is 12.9 Å². The molecule has 1 aliphatic heterocycles. The zero-order valence-corrected chi connectivity index (χ0v) is 9.89. The van der Waals surface area contributed by atoms with Crippen molar-refractivity contribution in [1.82, 2.24) is 0 Å². The minimum Gasteiger partial charge on any atom is -0.796 e. The third-order valence-corrected chi connectivity index (χ3v) is 3.29. The van der Waals surface area contributed by atoms with Crippen molar-refractivity contribution in [2.24, 2.45) is 0 Å². The molecule has 0 spiro atoms. The molecule has 1 saturated heterocycles. The first kappa shape index (κ1) is 12.1. The fraction of sp³-hybridized carbons (Fsp3) is 1.00. The summed E-state index contributed by atoms with van der Waals surface area (Å²) in [5.41, 5.74) is -1.37. The maximum absolute atomic E-state index is 10.9. The molecule has 0 aromatic heterocycles. The first-order valence-corrected chi connectivity index (χ1v) is 5.09. The molecule has 0 saturated carbocycles. The van der Waals surface area contributed by atoms with Gasteiger partial charge >= 0.3 is 29.6 Å². The van der Waals surface area contributed by atoms with Gasteiger partial charge in [0.15, 0.2) is 0 Å². The molecule has 60 valence electrons. The molecule has 1 fully saturated rings. The summed E-state index contributed by atoms with van der Waals surface area (Å²) in [6.45, 7) is 3.26. The van der Waals surface area contributed by atoms with Crippen LogP contribution in [-0.4, -0.2) is 25.4 Å². The molecule has 0 bridgehead atoms. The van der Waals surface area contributed by atoms with Crippen molar-refractivity contribution in [3.05, 3.63) is 0 Å². The molecule has 0 aromatic carbocycles. The van der Waals surface area contributed by atoms with Crippen molar-refractivity contribution in [3.63, 3.8) is 0 Å². The normalized spacial score (nSPS) is 27.2. The SMILES string of the molecule is CC1(P(C)(=O)[O-])OCCO1.[Na+]. The second-order valence-corrected chi connectivity index (χ2v) is 4.94. The van der Waals surface area contributed by atoms with Crippen molar-refractivity contribution in [3.8, 4) is 0 Å². The molecule has 6 heteroatoms. The van der Waals surface area contributed by atoms with Crippen LogP contribution in [0.15, 0.2) is 0 Å². The standard InChI is InChI=1S/C5H11O4P.Na/c1-5(10(2,6)7)8-3-4-9-5;/h3-4H2,1-2H3,(H,6,7);/q;+1/p-1. The summed E-state index contributed by atoms with van der Waals surface area (Å²) in [6.07, 6.45) is 0. The van der Waals surface area contributed by atoms with Crippen LogP contribution in [0.4, 0.5) is 0 Å². The summed E-state index contributed by atoms with van der Waals surface area (Å²) >= 11 is 0. The Morgan fingerprint density at radius 1 is 1.45 bits per heavy atom. The van der Waals surface area contributed by atoms with Gasteiger partial charge in [-0.15, -0.1) is 0 Å². The average molecular weight is 188 g/mol. The molecule has 4 nitrogen and oxygen atoms in total. The maximum Gasteiger partial charge on any atom is 1.00 e. The quantitative estimate of drug-likeness (QED) is 0.324. The summed E-state index contributed by atoms with van der Waals surface area (Å²) < 4.78 is 20.7. The van der Waals surface area contributed by atoms with Crippen LogP contribution in [0, 0.1) is 0 Å². The van der Waals surface area contributed by atoms with E-state index in [9.17, 15) is 9.46 Å². The number of hydrogen-bond acceptors (Lipinski definition) is 4. The maximum atomic E-state index is 10.9. The molecule has 0 N–H and O–H groups in total. The van der Waals surface area contributed by atoms with Gasteiger partial charge in [0, 0.05) is 0 Å². The number of rotatable bonds is 1. The average Bonchev–Trinajstić information content (AvgIpc) is 2.13. The second kappa shape index (κ2) is 3.88. The van der Waals surface area contributed by atoms with Gasteiger partial charge in [-0.2, -0.15) is 0 Å². The van der Waals surface area contributed by atoms with Gasteiger partial charge in [-0.1, -0.05) is 0 Å². The minimum absolute atomic E-state index is 0. The van der Waals surface area contributed by atoms with Crippen molar-refractivity contribution in [2.45, 2.75) is 12.5 Å². The summed E-state index contributed by atoms with van der Waals surface area (Å²) in [5, 5.41) is 0. The van der Waals surface area contributed by atoms with Crippen LogP contribution in [0.25, 0.3) is 0 Å². The van der Waals surface area contributed by atoms with E-state index in [1.54, 1.807) is 0 Å². The molecule has 0 radical (unpaired) electrons. The van der Waals surface area contributed by atoms with E-state index in [1.165, 1.54) is 6.92 Å². The molecule has 1 aliphatic rings. The van der Waals surface area contributed by atoms with Gasteiger partial charge in [0.2, 0.25) is 5.53 Å². The summed E-state index contributed by atoms with van der Waals surface area (Å²) in [6, 6.07) is 0. The van der Waals surface area contributed by atoms with Gasteiger partial charge < -0.3 is 18.9 Å². The van der Waals surface area contributed by atoms with E-state index >= 15 is 0 Å². The van der Waals surface area contributed by atoms with Gasteiger partial charge in [-0.05, 0) is 13.6 Å². The van der Waals surface area contributed by atoms with Crippen LogP contribution in [0.2, 0.25) is 0 Å². The number of hydrogen-bond donors (Lipinski definition) is 0. The second-order valence-electron chi connectivity index (χ2n) is 2.44. The van der Waals surface area contributed by atoms with E-state index in [0.717, 1.165) is 6.66 Å². The smallest absolute Gasteiger partial charge is 0.796 e. The van der Waals surface area contributed by atoms with E-state index in [-0.39, 0.29) is 29.6 Å². The monoisotopic (exact) mass is 188 g/mol. The molecular weight excluding hydrogens is 178 g/mol. The Kier molecular flexibility index (Phi) is 4.27. The van der Waals surface area contributed by atoms with Crippen LogP contribution in [0.3, 0.4) is 0 Å². The topological polar surface area (TPSA) is 58.6 Å². The largest absolute Gasteiger partial charge is 1.00 e. The van der Waals surface area contributed by atoms with Crippen molar-refractivity contribution >= 4 is 7.37 Å². The molecule has 0 aliphatic carbocycles. The van der Waals surface area contributed by atoms with Gasteiger partial charge in [-0.3, -0.25) is 0 Å². The molecule has 1 unspecified atom stereocenters. The summed E-state index contributed by atoms with van der Waals surface area (Å²) in [7, 11) is -3.52. The van der Waals surface area contributed by atoms with Gasteiger partial charge in [0.05, 0.1) is 20.6 Å². The Morgan fingerprint density at radius 2 is 1.82 bits per heavy atom. The fourth-order valence-corrected chi connectivity index (χ4v) is 1.39. The van der Waals surface area contributed by atoms with Crippen molar-refractivity contribution in [2.75, 3.05) is 19.9 Å².